The summed E-state index contributed by atoms with van der Waals surface area (Å²) in [6, 6.07) is 15.6. The number of anilines is 1. The van der Waals surface area contributed by atoms with Gasteiger partial charge in [0.15, 0.2) is 0 Å². The van der Waals surface area contributed by atoms with Crippen molar-refractivity contribution in [1.82, 2.24) is 0 Å². The molecule has 0 aliphatic heterocycles. The molecule has 0 bridgehead atoms. The monoisotopic (exact) mass is 299 g/mol. The maximum absolute atomic E-state index is 9.88. The maximum atomic E-state index is 9.88. The average Bonchev–Trinajstić information content (AvgIpc) is 2.52. The van der Waals surface area contributed by atoms with Gasteiger partial charge in [0.25, 0.3) is 0 Å². The lowest BCUT2D eigenvalue weighted by Gasteiger charge is -2.25. The van der Waals surface area contributed by atoms with E-state index in [1.54, 1.807) is 6.07 Å². The summed E-state index contributed by atoms with van der Waals surface area (Å²) in [5.41, 5.74) is 2.03. The van der Waals surface area contributed by atoms with E-state index in [1.165, 1.54) is 0 Å². The molecule has 1 atom stereocenters. The van der Waals surface area contributed by atoms with Crippen LogP contribution >= 0.6 is 0 Å². The zero-order valence-electron chi connectivity index (χ0n) is 13.6. The molecular weight excluding hydrogens is 274 g/mol. The fourth-order valence-corrected chi connectivity index (χ4v) is 2.63. The van der Waals surface area contributed by atoms with Gasteiger partial charge in [-0.2, -0.15) is 0 Å². The molecule has 0 heterocycles. The second-order valence-electron chi connectivity index (χ2n) is 5.40. The molecule has 2 rings (SSSR count). The number of ether oxygens (including phenoxy) is 1. The first-order valence-electron chi connectivity index (χ1n) is 7.93. The summed E-state index contributed by atoms with van der Waals surface area (Å²) >= 11 is 0. The molecule has 118 valence electrons. The van der Waals surface area contributed by atoms with Crippen LogP contribution in [0, 0.1) is 0 Å². The number of hydrogen-bond acceptors (Lipinski definition) is 3. The summed E-state index contributed by atoms with van der Waals surface area (Å²) in [6.45, 7) is 8.22. The summed E-state index contributed by atoms with van der Waals surface area (Å²) < 4.78 is 6.14. The molecule has 0 saturated heterocycles. The van der Waals surface area contributed by atoms with Gasteiger partial charge in [-0.3, -0.25) is 0 Å². The predicted octanol–water partition coefficient (Wildman–Crippen LogP) is 4.25. The molecule has 0 aliphatic carbocycles. The minimum Gasteiger partial charge on any atom is -0.508 e. The molecule has 0 fully saturated rings. The van der Waals surface area contributed by atoms with Crippen LogP contribution in [-0.4, -0.2) is 24.3 Å². The molecule has 22 heavy (non-hydrogen) atoms. The number of phenols is 1. The third kappa shape index (κ3) is 3.94. The number of hydrogen-bond donors (Lipinski definition) is 1. The van der Waals surface area contributed by atoms with Gasteiger partial charge >= 0.3 is 0 Å². The molecule has 0 saturated carbocycles. The molecule has 2 aromatic carbocycles. The first-order valence-corrected chi connectivity index (χ1v) is 7.93. The number of para-hydroxylation sites is 3. The van der Waals surface area contributed by atoms with Gasteiger partial charge in [0.1, 0.15) is 17.6 Å². The van der Waals surface area contributed by atoms with E-state index >= 15 is 0 Å². The topological polar surface area (TPSA) is 32.7 Å². The Labute approximate surface area is 133 Å². The summed E-state index contributed by atoms with van der Waals surface area (Å²) in [5.74, 6) is 1.23. The predicted molar refractivity (Wildman–Crippen MR) is 91.9 cm³/mol. The molecule has 0 aromatic heterocycles. The van der Waals surface area contributed by atoms with Crippen molar-refractivity contribution in [3.63, 3.8) is 0 Å². The molecule has 0 aliphatic rings. The maximum Gasteiger partial charge on any atom is 0.143 e. The molecular formula is C19H25NO2. The number of benzene rings is 2. The molecule has 3 heteroatoms. The first-order chi connectivity index (χ1) is 10.7. The molecule has 1 N–H and O–H groups in total. The fraction of sp³-hybridized carbons (Fsp3) is 0.368. The Morgan fingerprint density at radius 2 is 1.64 bits per heavy atom. The van der Waals surface area contributed by atoms with Gasteiger partial charge in [0, 0.05) is 19.5 Å². The van der Waals surface area contributed by atoms with E-state index in [4.69, 9.17) is 4.74 Å². The number of rotatable bonds is 7. The van der Waals surface area contributed by atoms with Crippen LogP contribution in [0.1, 0.15) is 26.3 Å². The number of nitrogens with zero attached hydrogens (tertiary/aromatic N) is 1. The van der Waals surface area contributed by atoms with Gasteiger partial charge in [-0.05, 0) is 44.5 Å². The van der Waals surface area contributed by atoms with Crippen LogP contribution in [0.3, 0.4) is 0 Å². The molecule has 1 unspecified atom stereocenters. The van der Waals surface area contributed by atoms with E-state index < -0.39 is 0 Å². The Morgan fingerprint density at radius 3 is 2.32 bits per heavy atom. The lowest BCUT2D eigenvalue weighted by molar-refractivity contribution is 0.221. The fourth-order valence-electron chi connectivity index (χ4n) is 2.63. The van der Waals surface area contributed by atoms with E-state index in [0.29, 0.717) is 12.2 Å². The molecule has 0 radical (unpaired) electrons. The van der Waals surface area contributed by atoms with Crippen molar-refractivity contribution in [3.8, 4) is 11.5 Å². The highest BCUT2D eigenvalue weighted by Crippen LogP contribution is 2.29. The standard InChI is InChI=1S/C19H25NO2/c1-4-20(5-2)17-11-7-9-13-19(17)22-15(3)14-16-10-6-8-12-18(16)21/h6-13,15,21H,4-5,14H2,1-3H3. The average molecular weight is 299 g/mol. The Hall–Kier alpha value is -2.16. The van der Waals surface area contributed by atoms with Crippen LogP contribution in [0.5, 0.6) is 11.5 Å². The first kappa shape index (κ1) is 16.2. The largest absolute Gasteiger partial charge is 0.508 e. The minimum absolute atomic E-state index is 0.00925. The normalized spacial score (nSPS) is 12.0. The van der Waals surface area contributed by atoms with Crippen molar-refractivity contribution >= 4 is 5.69 Å². The second kappa shape index (κ2) is 7.74. The van der Waals surface area contributed by atoms with Crippen molar-refractivity contribution in [3.05, 3.63) is 54.1 Å². The van der Waals surface area contributed by atoms with E-state index in [2.05, 4.69) is 24.8 Å². The smallest absolute Gasteiger partial charge is 0.143 e. The minimum atomic E-state index is -0.00925. The molecule has 2 aromatic rings. The lowest BCUT2D eigenvalue weighted by Crippen LogP contribution is -2.24. The molecule has 3 nitrogen and oxygen atoms in total. The van der Waals surface area contributed by atoms with Crippen molar-refractivity contribution in [2.75, 3.05) is 18.0 Å². The molecule has 0 spiro atoms. The van der Waals surface area contributed by atoms with Crippen molar-refractivity contribution in [1.29, 1.82) is 0 Å². The summed E-state index contributed by atoms with van der Waals surface area (Å²) in [7, 11) is 0. The number of aromatic hydroxyl groups is 1. The highest BCUT2D eigenvalue weighted by atomic mass is 16.5. The van der Waals surface area contributed by atoms with Gasteiger partial charge in [-0.15, -0.1) is 0 Å². The molecule has 0 amide bonds. The summed E-state index contributed by atoms with van der Waals surface area (Å²) in [6.07, 6.45) is 0.671. The van der Waals surface area contributed by atoms with Gasteiger partial charge in [-0.25, -0.2) is 0 Å². The highest BCUT2D eigenvalue weighted by Gasteiger charge is 2.13. The van der Waals surface area contributed by atoms with Crippen LogP contribution in [0.2, 0.25) is 0 Å². The highest BCUT2D eigenvalue weighted by molar-refractivity contribution is 5.58. The Kier molecular flexibility index (Phi) is 5.70. The summed E-state index contributed by atoms with van der Waals surface area (Å²) in [5, 5.41) is 9.88. The third-order valence-electron chi connectivity index (χ3n) is 3.80. The van der Waals surface area contributed by atoms with Crippen molar-refractivity contribution < 1.29 is 9.84 Å². The van der Waals surface area contributed by atoms with Crippen molar-refractivity contribution in [2.24, 2.45) is 0 Å². The quantitative estimate of drug-likeness (QED) is 0.829. The van der Waals surface area contributed by atoms with Crippen LogP contribution in [0.25, 0.3) is 0 Å². The van der Waals surface area contributed by atoms with E-state index in [0.717, 1.165) is 30.1 Å². The third-order valence-corrected chi connectivity index (χ3v) is 3.80. The van der Waals surface area contributed by atoms with E-state index in [1.807, 2.05) is 43.3 Å². The van der Waals surface area contributed by atoms with Gasteiger partial charge in [0.2, 0.25) is 0 Å². The Balaban J connectivity index is 2.12. The van der Waals surface area contributed by atoms with Gasteiger partial charge < -0.3 is 14.7 Å². The second-order valence-corrected chi connectivity index (χ2v) is 5.40. The van der Waals surface area contributed by atoms with Crippen LogP contribution < -0.4 is 9.64 Å². The lowest BCUT2D eigenvalue weighted by atomic mass is 10.1. The van der Waals surface area contributed by atoms with Crippen molar-refractivity contribution in [2.45, 2.75) is 33.3 Å². The summed E-state index contributed by atoms with van der Waals surface area (Å²) in [4.78, 5) is 2.28. The van der Waals surface area contributed by atoms with E-state index in [-0.39, 0.29) is 6.10 Å². The van der Waals surface area contributed by atoms with Gasteiger partial charge in [0.05, 0.1) is 5.69 Å². The Bertz CT molecular complexity index is 593. The van der Waals surface area contributed by atoms with Gasteiger partial charge in [-0.1, -0.05) is 30.3 Å². The zero-order chi connectivity index (χ0) is 15.9. The van der Waals surface area contributed by atoms with Crippen LogP contribution in [-0.2, 0) is 6.42 Å². The SMILES string of the molecule is CCN(CC)c1ccccc1OC(C)Cc1ccccc1O. The van der Waals surface area contributed by atoms with Crippen LogP contribution in [0.15, 0.2) is 48.5 Å². The van der Waals surface area contributed by atoms with E-state index in [9.17, 15) is 5.11 Å². The van der Waals surface area contributed by atoms with Crippen LogP contribution in [0.4, 0.5) is 5.69 Å². The zero-order valence-corrected chi connectivity index (χ0v) is 13.6. The number of phenolic OH excluding ortho intramolecular Hbond substituents is 1. The Morgan fingerprint density at radius 1 is 1.00 bits per heavy atom.